The highest BCUT2D eigenvalue weighted by Crippen LogP contribution is 2.27. The molecule has 128 valence electrons. The molecule has 0 saturated heterocycles. The number of halogens is 1. The number of pyridine rings is 1. The van der Waals surface area contributed by atoms with Crippen LogP contribution in [0.5, 0.6) is 0 Å². The van der Waals surface area contributed by atoms with E-state index in [4.69, 9.17) is 0 Å². The van der Waals surface area contributed by atoms with Crippen LogP contribution in [0.1, 0.15) is 39.0 Å². The number of rotatable bonds is 4. The van der Waals surface area contributed by atoms with E-state index < -0.39 is 9.84 Å². The Morgan fingerprint density at radius 3 is 2.25 bits per heavy atom. The minimum atomic E-state index is -3.66. The van der Waals surface area contributed by atoms with E-state index in [2.05, 4.69) is 27.5 Å². The maximum atomic E-state index is 13.0. The van der Waals surface area contributed by atoms with Gasteiger partial charge in [-0.2, -0.15) is 0 Å². The van der Waals surface area contributed by atoms with Crippen molar-refractivity contribution in [3.8, 4) is 0 Å². The number of allylic oxidation sites excluding steroid dienone is 1. The van der Waals surface area contributed by atoms with Crippen molar-refractivity contribution in [2.24, 2.45) is 0 Å². The predicted molar refractivity (Wildman–Crippen MR) is 101 cm³/mol. The Kier molecular flexibility index (Phi) is 5.35. The summed E-state index contributed by atoms with van der Waals surface area (Å²) >= 11 is 3.32. The lowest BCUT2D eigenvalue weighted by Crippen LogP contribution is -2.17. The van der Waals surface area contributed by atoms with Crippen molar-refractivity contribution in [2.45, 2.75) is 49.5 Å². The molecule has 5 heteroatoms. The number of hydrogen-bond acceptors (Lipinski definition) is 3. The first kappa shape index (κ1) is 18.9. The molecule has 24 heavy (non-hydrogen) atoms. The van der Waals surface area contributed by atoms with Gasteiger partial charge in [0, 0.05) is 15.6 Å². The minimum Gasteiger partial charge on any atom is -0.240 e. The van der Waals surface area contributed by atoms with Crippen molar-refractivity contribution in [1.82, 2.24) is 4.98 Å². The fraction of sp³-hybridized carbons (Fsp3) is 0.316. The minimum absolute atomic E-state index is 0.0912. The number of aromatic nitrogens is 1. The third-order valence-electron chi connectivity index (χ3n) is 3.54. The first-order valence-corrected chi connectivity index (χ1v) is 9.94. The highest BCUT2D eigenvalue weighted by molar-refractivity contribution is 9.10. The van der Waals surface area contributed by atoms with E-state index >= 15 is 0 Å². The molecular weight excluding hydrogens is 386 g/mol. The van der Waals surface area contributed by atoms with E-state index in [0.29, 0.717) is 6.42 Å². The predicted octanol–water partition coefficient (Wildman–Crippen LogP) is 5.09. The van der Waals surface area contributed by atoms with Crippen molar-refractivity contribution in [1.29, 1.82) is 0 Å². The van der Waals surface area contributed by atoms with Crippen molar-refractivity contribution in [3.05, 3.63) is 64.3 Å². The molecule has 2 rings (SSSR count). The van der Waals surface area contributed by atoms with Crippen LogP contribution in [0.25, 0.3) is 0 Å². The summed E-state index contributed by atoms with van der Waals surface area (Å²) < 4.78 is 26.8. The largest absolute Gasteiger partial charge is 0.240 e. The van der Waals surface area contributed by atoms with E-state index in [1.165, 1.54) is 0 Å². The van der Waals surface area contributed by atoms with E-state index in [-0.39, 0.29) is 15.3 Å². The molecule has 0 atom stereocenters. The average molecular weight is 408 g/mol. The fourth-order valence-corrected chi connectivity index (χ4v) is 3.79. The summed E-state index contributed by atoms with van der Waals surface area (Å²) in [4.78, 5) is 4.69. The molecule has 0 aliphatic carbocycles. The lowest BCUT2D eigenvalue weighted by atomic mass is 9.90. The van der Waals surface area contributed by atoms with Gasteiger partial charge in [-0.05, 0) is 55.3 Å². The maximum absolute atomic E-state index is 13.0. The second kappa shape index (κ2) is 6.81. The second-order valence-corrected chi connectivity index (χ2v) is 9.85. The maximum Gasteiger partial charge on any atom is 0.223 e. The SMILES string of the molecule is C=C(C)Cc1cc(C(C)(C)C)nc(S(=O)(=O)c2ccc(Br)cc2)c1. The van der Waals surface area contributed by atoms with Crippen LogP contribution in [0, 0.1) is 0 Å². The van der Waals surface area contributed by atoms with Crippen LogP contribution in [0.2, 0.25) is 0 Å². The number of hydrogen-bond donors (Lipinski definition) is 0. The summed E-state index contributed by atoms with van der Waals surface area (Å²) in [6.45, 7) is 11.9. The molecule has 1 aromatic carbocycles. The van der Waals surface area contributed by atoms with E-state index in [1.54, 1.807) is 30.3 Å². The van der Waals surface area contributed by atoms with Crippen LogP contribution in [0.4, 0.5) is 0 Å². The summed E-state index contributed by atoms with van der Waals surface area (Å²) in [5.74, 6) is 0. The lowest BCUT2D eigenvalue weighted by molar-refractivity contribution is 0.555. The van der Waals surface area contributed by atoms with Crippen molar-refractivity contribution in [3.63, 3.8) is 0 Å². The average Bonchev–Trinajstić information content (AvgIpc) is 2.45. The normalized spacial score (nSPS) is 12.2. The molecule has 0 unspecified atom stereocenters. The topological polar surface area (TPSA) is 47.0 Å². The zero-order valence-corrected chi connectivity index (χ0v) is 16.8. The monoisotopic (exact) mass is 407 g/mol. The summed E-state index contributed by atoms with van der Waals surface area (Å²) in [5, 5.41) is 0.0912. The number of sulfone groups is 1. The first-order valence-electron chi connectivity index (χ1n) is 7.66. The van der Waals surface area contributed by atoms with Crippen LogP contribution in [-0.2, 0) is 21.7 Å². The van der Waals surface area contributed by atoms with E-state index in [1.807, 2.05) is 33.8 Å². The third kappa shape index (κ3) is 4.33. The van der Waals surface area contributed by atoms with Gasteiger partial charge in [-0.15, -0.1) is 0 Å². The van der Waals surface area contributed by atoms with Gasteiger partial charge in [0.1, 0.15) is 0 Å². The Labute approximate surface area is 152 Å². The molecule has 0 fully saturated rings. The molecule has 0 aliphatic rings. The van der Waals surface area contributed by atoms with Crippen LogP contribution in [0.3, 0.4) is 0 Å². The van der Waals surface area contributed by atoms with Crippen LogP contribution < -0.4 is 0 Å². The molecule has 0 N–H and O–H groups in total. The van der Waals surface area contributed by atoms with Gasteiger partial charge in [0.15, 0.2) is 5.03 Å². The first-order chi connectivity index (χ1) is 11.0. The standard InChI is InChI=1S/C19H22BrNO2S/c1-13(2)10-14-11-17(19(3,4)5)21-18(12-14)24(22,23)16-8-6-15(20)7-9-16/h6-9,11-12H,1,10H2,2-5H3. The molecule has 1 heterocycles. The molecule has 0 saturated carbocycles. The van der Waals surface area contributed by atoms with Gasteiger partial charge in [0.05, 0.1) is 4.90 Å². The van der Waals surface area contributed by atoms with Gasteiger partial charge in [-0.3, -0.25) is 0 Å². The van der Waals surface area contributed by atoms with Gasteiger partial charge in [0.25, 0.3) is 0 Å². The molecule has 3 nitrogen and oxygen atoms in total. The van der Waals surface area contributed by atoms with Gasteiger partial charge in [-0.25, -0.2) is 13.4 Å². The Hall–Kier alpha value is -1.46. The lowest BCUT2D eigenvalue weighted by Gasteiger charge is -2.20. The van der Waals surface area contributed by atoms with Crippen LogP contribution >= 0.6 is 15.9 Å². The molecule has 0 radical (unpaired) electrons. The molecule has 1 aromatic heterocycles. The molecule has 0 bridgehead atoms. The van der Waals surface area contributed by atoms with Crippen molar-refractivity contribution >= 4 is 25.8 Å². The molecule has 2 aromatic rings. The van der Waals surface area contributed by atoms with Gasteiger partial charge < -0.3 is 0 Å². The zero-order valence-electron chi connectivity index (χ0n) is 14.4. The number of nitrogens with zero attached hydrogens (tertiary/aromatic N) is 1. The number of benzene rings is 1. The van der Waals surface area contributed by atoms with Gasteiger partial charge in [0.2, 0.25) is 9.84 Å². The van der Waals surface area contributed by atoms with E-state index in [9.17, 15) is 8.42 Å². The van der Waals surface area contributed by atoms with Gasteiger partial charge in [-0.1, -0.05) is 48.9 Å². The Balaban J connectivity index is 2.63. The molecule has 0 amide bonds. The Bertz CT molecular complexity index is 863. The third-order valence-corrected chi connectivity index (χ3v) is 5.72. The molecule has 0 spiro atoms. The molecule has 0 aliphatic heterocycles. The smallest absolute Gasteiger partial charge is 0.223 e. The Morgan fingerprint density at radius 1 is 1.17 bits per heavy atom. The summed E-state index contributed by atoms with van der Waals surface area (Å²) in [6, 6.07) is 10.2. The van der Waals surface area contributed by atoms with Crippen LogP contribution in [0.15, 0.2) is 62.9 Å². The van der Waals surface area contributed by atoms with Crippen LogP contribution in [-0.4, -0.2) is 13.4 Å². The van der Waals surface area contributed by atoms with Crippen molar-refractivity contribution < 1.29 is 8.42 Å². The fourth-order valence-electron chi connectivity index (χ4n) is 2.27. The van der Waals surface area contributed by atoms with Crippen molar-refractivity contribution in [2.75, 3.05) is 0 Å². The second-order valence-electron chi connectivity index (χ2n) is 7.04. The highest BCUT2D eigenvalue weighted by Gasteiger charge is 2.24. The highest BCUT2D eigenvalue weighted by atomic mass is 79.9. The van der Waals surface area contributed by atoms with Gasteiger partial charge >= 0.3 is 0 Å². The summed E-state index contributed by atoms with van der Waals surface area (Å²) in [5.41, 5.74) is 2.41. The van der Waals surface area contributed by atoms with E-state index in [0.717, 1.165) is 21.3 Å². The summed E-state index contributed by atoms with van der Waals surface area (Å²) in [6.07, 6.45) is 0.633. The molecular formula is C19H22BrNO2S. The Morgan fingerprint density at radius 2 is 1.75 bits per heavy atom. The zero-order chi connectivity index (χ0) is 18.1. The summed E-state index contributed by atoms with van der Waals surface area (Å²) in [7, 11) is -3.66. The quantitative estimate of drug-likeness (QED) is 0.662.